The van der Waals surface area contributed by atoms with Crippen molar-refractivity contribution in [3.63, 3.8) is 0 Å². The molecule has 1 amide bonds. The van der Waals surface area contributed by atoms with E-state index in [2.05, 4.69) is 36.6 Å². The van der Waals surface area contributed by atoms with Crippen molar-refractivity contribution in [2.75, 3.05) is 24.2 Å². The Hall–Kier alpha value is -2.58. The van der Waals surface area contributed by atoms with E-state index in [4.69, 9.17) is 14.8 Å². The zero-order valence-corrected chi connectivity index (χ0v) is 21.0. The van der Waals surface area contributed by atoms with Gasteiger partial charge in [0.05, 0.1) is 23.7 Å². The standard InChI is InChI=1S/C26H33N5O2S/c1-16(2)13-27-22-12-24(34-15-20-5-4-10-33-20)30-31-23(14-28-25(22)31)18-6-9-21(17(3)11-18)26(32)29-19-7-8-19/h6,9,11-12,14,16,19-20,27H,4-5,7-8,10,13,15H2,1-3H3,(H,29,32). The van der Waals surface area contributed by atoms with Crippen molar-refractivity contribution >= 4 is 29.0 Å². The van der Waals surface area contributed by atoms with E-state index in [0.29, 0.717) is 18.1 Å². The molecule has 1 saturated heterocycles. The molecule has 2 N–H and O–H groups in total. The van der Waals surface area contributed by atoms with Gasteiger partial charge in [0.1, 0.15) is 5.03 Å². The lowest BCUT2D eigenvalue weighted by Gasteiger charge is -2.14. The molecular weight excluding hydrogens is 446 g/mol. The van der Waals surface area contributed by atoms with E-state index in [1.165, 1.54) is 0 Å². The fourth-order valence-electron chi connectivity index (χ4n) is 4.18. The number of carbonyl (C=O) groups is 1. The number of benzene rings is 1. The molecule has 8 heteroatoms. The Morgan fingerprint density at radius 3 is 2.82 bits per heavy atom. The van der Waals surface area contributed by atoms with Gasteiger partial charge in [0, 0.05) is 36.1 Å². The molecule has 3 aromatic rings. The van der Waals surface area contributed by atoms with Gasteiger partial charge in [-0.1, -0.05) is 19.9 Å². The Morgan fingerprint density at radius 1 is 1.26 bits per heavy atom. The quantitative estimate of drug-likeness (QED) is 0.423. The van der Waals surface area contributed by atoms with E-state index in [1.807, 2.05) is 29.8 Å². The number of fused-ring (bicyclic) bond motifs is 1. The predicted molar refractivity (Wildman–Crippen MR) is 137 cm³/mol. The molecule has 0 bridgehead atoms. The molecule has 2 fully saturated rings. The summed E-state index contributed by atoms with van der Waals surface area (Å²) < 4.78 is 7.73. The van der Waals surface area contributed by atoms with Crippen LogP contribution in [0.15, 0.2) is 35.5 Å². The molecule has 1 aromatic carbocycles. The van der Waals surface area contributed by atoms with Crippen molar-refractivity contribution in [2.45, 2.75) is 63.6 Å². The second-order valence-corrected chi connectivity index (χ2v) is 10.8. The zero-order valence-electron chi connectivity index (χ0n) is 20.1. The number of hydrogen-bond donors (Lipinski definition) is 2. The van der Waals surface area contributed by atoms with Gasteiger partial charge in [-0.2, -0.15) is 5.10 Å². The highest BCUT2D eigenvalue weighted by Gasteiger charge is 2.24. The van der Waals surface area contributed by atoms with Crippen molar-refractivity contribution in [1.82, 2.24) is 19.9 Å². The third-order valence-corrected chi connectivity index (χ3v) is 7.30. The maximum absolute atomic E-state index is 12.6. The van der Waals surface area contributed by atoms with Crippen molar-refractivity contribution in [3.05, 3.63) is 41.6 Å². The first-order valence-corrected chi connectivity index (χ1v) is 13.3. The van der Waals surface area contributed by atoms with Crippen LogP contribution in [0.1, 0.15) is 55.5 Å². The lowest BCUT2D eigenvalue weighted by molar-refractivity contribution is 0.0950. The summed E-state index contributed by atoms with van der Waals surface area (Å²) in [5.74, 6) is 1.43. The molecule has 0 radical (unpaired) electrons. The summed E-state index contributed by atoms with van der Waals surface area (Å²) in [5, 5.41) is 12.5. The maximum Gasteiger partial charge on any atom is 0.251 e. The lowest BCUT2D eigenvalue weighted by Crippen LogP contribution is -2.26. The average molecular weight is 480 g/mol. The van der Waals surface area contributed by atoms with Crippen molar-refractivity contribution in [1.29, 1.82) is 0 Å². The van der Waals surface area contributed by atoms with Crippen LogP contribution in [0.3, 0.4) is 0 Å². The Kier molecular flexibility index (Phi) is 6.79. The van der Waals surface area contributed by atoms with Crippen molar-refractivity contribution < 1.29 is 9.53 Å². The molecule has 7 nitrogen and oxygen atoms in total. The number of hydrogen-bond acceptors (Lipinski definition) is 6. The highest BCUT2D eigenvalue weighted by atomic mass is 32.2. The largest absolute Gasteiger partial charge is 0.382 e. The Morgan fingerprint density at radius 2 is 2.12 bits per heavy atom. The average Bonchev–Trinajstić information content (AvgIpc) is 3.29. The Balaban J connectivity index is 1.46. The van der Waals surface area contributed by atoms with Crippen LogP contribution in [0.5, 0.6) is 0 Å². The molecule has 1 atom stereocenters. The summed E-state index contributed by atoms with van der Waals surface area (Å²) in [7, 11) is 0. The molecule has 2 aliphatic rings. The first-order valence-electron chi connectivity index (χ1n) is 12.3. The Labute approximate surface area is 205 Å². The van der Waals surface area contributed by atoms with Crippen LogP contribution in [0.2, 0.25) is 0 Å². The minimum atomic E-state index is 0.0100. The highest BCUT2D eigenvalue weighted by molar-refractivity contribution is 7.99. The number of carbonyl (C=O) groups excluding carboxylic acids is 1. The summed E-state index contributed by atoms with van der Waals surface area (Å²) in [4.78, 5) is 17.3. The second kappa shape index (κ2) is 9.96. The summed E-state index contributed by atoms with van der Waals surface area (Å²) in [5.41, 5.74) is 5.39. The number of aromatic nitrogens is 3. The van der Waals surface area contributed by atoms with Gasteiger partial charge in [-0.15, -0.1) is 11.8 Å². The fraction of sp³-hybridized carbons (Fsp3) is 0.500. The van der Waals surface area contributed by atoms with Gasteiger partial charge in [-0.25, -0.2) is 9.50 Å². The summed E-state index contributed by atoms with van der Waals surface area (Å²) in [6.45, 7) is 8.10. The third-order valence-electron chi connectivity index (χ3n) is 6.27. The van der Waals surface area contributed by atoms with Gasteiger partial charge >= 0.3 is 0 Å². The van der Waals surface area contributed by atoms with Gasteiger partial charge in [0.2, 0.25) is 0 Å². The Bertz CT molecular complexity index is 1180. The third kappa shape index (κ3) is 5.23. The SMILES string of the molecule is Cc1cc(-c2cnc3c(NCC(C)C)cc(SCC4CCCO4)nn23)ccc1C(=O)NC1CC1. The van der Waals surface area contributed by atoms with Crippen LogP contribution < -0.4 is 10.6 Å². The zero-order chi connectivity index (χ0) is 23.7. The number of imidazole rings is 1. The monoisotopic (exact) mass is 479 g/mol. The van der Waals surface area contributed by atoms with E-state index in [1.54, 1.807) is 11.8 Å². The molecule has 180 valence electrons. The summed E-state index contributed by atoms with van der Waals surface area (Å²) >= 11 is 1.73. The first-order chi connectivity index (χ1) is 16.5. The van der Waals surface area contributed by atoms with E-state index in [-0.39, 0.29) is 5.91 Å². The van der Waals surface area contributed by atoms with Gasteiger partial charge in [0.15, 0.2) is 5.65 Å². The minimum Gasteiger partial charge on any atom is -0.382 e. The van der Waals surface area contributed by atoms with Crippen molar-refractivity contribution in [2.24, 2.45) is 5.92 Å². The van der Waals surface area contributed by atoms with E-state index in [9.17, 15) is 4.79 Å². The number of thioether (sulfide) groups is 1. The van der Waals surface area contributed by atoms with Crippen LogP contribution in [0.4, 0.5) is 5.69 Å². The lowest BCUT2D eigenvalue weighted by atomic mass is 10.0. The smallest absolute Gasteiger partial charge is 0.251 e. The molecule has 2 aromatic heterocycles. The number of anilines is 1. The topological polar surface area (TPSA) is 80.6 Å². The maximum atomic E-state index is 12.6. The van der Waals surface area contributed by atoms with Crippen LogP contribution in [0.25, 0.3) is 16.9 Å². The van der Waals surface area contributed by atoms with Gasteiger partial charge in [-0.3, -0.25) is 4.79 Å². The molecule has 1 aliphatic heterocycles. The van der Waals surface area contributed by atoms with Gasteiger partial charge in [-0.05, 0) is 62.3 Å². The van der Waals surface area contributed by atoms with Crippen LogP contribution in [-0.2, 0) is 4.74 Å². The molecule has 0 spiro atoms. The summed E-state index contributed by atoms with van der Waals surface area (Å²) in [6.07, 6.45) is 6.58. The van der Waals surface area contributed by atoms with Gasteiger partial charge < -0.3 is 15.4 Å². The highest BCUT2D eigenvalue weighted by Crippen LogP contribution is 2.30. The van der Waals surface area contributed by atoms with Crippen molar-refractivity contribution in [3.8, 4) is 11.3 Å². The normalized spacial score (nSPS) is 18.1. The molecule has 3 heterocycles. The van der Waals surface area contributed by atoms with E-state index < -0.39 is 0 Å². The van der Waals surface area contributed by atoms with Crippen LogP contribution in [0, 0.1) is 12.8 Å². The second-order valence-electron chi connectivity index (χ2n) is 9.77. The van der Waals surface area contributed by atoms with E-state index in [0.717, 1.165) is 83.3 Å². The number of ether oxygens (including phenoxy) is 1. The number of rotatable bonds is 9. The molecule has 1 aliphatic carbocycles. The molecular formula is C26H33N5O2S. The fourth-order valence-corrected chi connectivity index (χ4v) is 5.14. The number of nitrogens with zero attached hydrogens (tertiary/aromatic N) is 3. The number of amides is 1. The van der Waals surface area contributed by atoms with Crippen LogP contribution >= 0.6 is 11.8 Å². The number of nitrogens with one attached hydrogen (secondary N) is 2. The molecule has 1 saturated carbocycles. The minimum absolute atomic E-state index is 0.0100. The molecule has 1 unspecified atom stereocenters. The summed E-state index contributed by atoms with van der Waals surface area (Å²) in [6, 6.07) is 8.41. The number of aryl methyl sites for hydroxylation is 1. The molecule has 5 rings (SSSR count). The molecule has 34 heavy (non-hydrogen) atoms. The van der Waals surface area contributed by atoms with E-state index >= 15 is 0 Å². The van der Waals surface area contributed by atoms with Crippen LogP contribution in [-0.4, -0.2) is 51.6 Å². The first kappa shape index (κ1) is 23.2. The van der Waals surface area contributed by atoms with Gasteiger partial charge in [0.25, 0.3) is 5.91 Å². The predicted octanol–water partition coefficient (Wildman–Crippen LogP) is 4.94.